The summed E-state index contributed by atoms with van der Waals surface area (Å²) in [7, 11) is 0. The summed E-state index contributed by atoms with van der Waals surface area (Å²) >= 11 is 0. The first-order valence-electron chi connectivity index (χ1n) is 8.46. The lowest BCUT2D eigenvalue weighted by Gasteiger charge is -2.23. The van der Waals surface area contributed by atoms with Crippen molar-refractivity contribution in [2.75, 3.05) is 31.5 Å². The zero-order valence-corrected chi connectivity index (χ0v) is 14.2. The Morgan fingerprint density at radius 1 is 1.08 bits per heavy atom. The Morgan fingerprint density at radius 2 is 1.79 bits per heavy atom. The third-order valence-corrected chi connectivity index (χ3v) is 4.57. The van der Waals surface area contributed by atoms with Gasteiger partial charge in [0.05, 0.1) is 6.42 Å². The monoisotopic (exact) mass is 329 g/mol. The molecule has 0 bridgehead atoms. The summed E-state index contributed by atoms with van der Waals surface area (Å²) in [4.78, 5) is 40.0. The minimum absolute atomic E-state index is 0.0194. The van der Waals surface area contributed by atoms with Crippen LogP contribution in [0.4, 0.5) is 5.69 Å². The number of carbonyl (C=O) groups excluding carboxylic acids is 3. The van der Waals surface area contributed by atoms with Crippen LogP contribution in [-0.4, -0.2) is 53.7 Å². The van der Waals surface area contributed by atoms with E-state index >= 15 is 0 Å². The van der Waals surface area contributed by atoms with Gasteiger partial charge in [0.25, 0.3) is 5.91 Å². The van der Waals surface area contributed by atoms with Gasteiger partial charge in [-0.2, -0.15) is 0 Å². The third-order valence-electron chi connectivity index (χ3n) is 4.57. The molecule has 0 aromatic heterocycles. The molecule has 0 aliphatic carbocycles. The summed E-state index contributed by atoms with van der Waals surface area (Å²) in [6.45, 7) is 6.27. The number of nitrogens with one attached hydrogen (secondary N) is 1. The molecule has 1 aromatic carbocycles. The number of carbonyl (C=O) groups is 3. The van der Waals surface area contributed by atoms with Gasteiger partial charge < -0.3 is 15.1 Å². The Balaban J connectivity index is 1.69. The summed E-state index contributed by atoms with van der Waals surface area (Å²) in [5.41, 5.74) is 2.27. The highest BCUT2D eigenvalue weighted by molar-refractivity contribution is 6.01. The van der Waals surface area contributed by atoms with Crippen molar-refractivity contribution in [2.45, 2.75) is 26.7 Å². The molecular formula is C18H23N3O3. The summed E-state index contributed by atoms with van der Waals surface area (Å²) in [6.07, 6.45) is 1.11. The fraction of sp³-hybridized carbons (Fsp3) is 0.500. The molecule has 1 aromatic rings. The van der Waals surface area contributed by atoms with Gasteiger partial charge in [-0.1, -0.05) is 13.8 Å². The van der Waals surface area contributed by atoms with E-state index in [4.69, 9.17) is 0 Å². The van der Waals surface area contributed by atoms with E-state index < -0.39 is 0 Å². The molecule has 0 spiro atoms. The summed E-state index contributed by atoms with van der Waals surface area (Å²) in [5.74, 6) is 0.0589. The summed E-state index contributed by atoms with van der Waals surface area (Å²) in [6, 6.07) is 5.35. The van der Waals surface area contributed by atoms with Gasteiger partial charge in [0.15, 0.2) is 0 Å². The van der Waals surface area contributed by atoms with Crippen molar-refractivity contribution >= 4 is 23.4 Å². The lowest BCUT2D eigenvalue weighted by Crippen LogP contribution is -2.39. The van der Waals surface area contributed by atoms with Gasteiger partial charge in [-0.05, 0) is 30.2 Å². The molecule has 3 rings (SSSR count). The minimum Gasteiger partial charge on any atom is -0.341 e. The number of hydrogen-bond donors (Lipinski definition) is 1. The maximum Gasteiger partial charge on any atom is 0.253 e. The van der Waals surface area contributed by atoms with Crippen LogP contribution in [0.5, 0.6) is 0 Å². The van der Waals surface area contributed by atoms with Crippen molar-refractivity contribution in [2.24, 2.45) is 5.92 Å². The van der Waals surface area contributed by atoms with E-state index in [1.165, 1.54) is 0 Å². The highest BCUT2D eigenvalue weighted by Crippen LogP contribution is 2.24. The van der Waals surface area contributed by atoms with E-state index in [0.29, 0.717) is 38.2 Å². The van der Waals surface area contributed by atoms with Gasteiger partial charge in [-0.15, -0.1) is 0 Å². The second kappa shape index (κ2) is 6.63. The Hall–Kier alpha value is -2.37. The third kappa shape index (κ3) is 3.27. The molecule has 0 radical (unpaired) electrons. The molecule has 128 valence electrons. The Bertz CT molecular complexity index is 684. The van der Waals surface area contributed by atoms with Crippen molar-refractivity contribution in [3.8, 4) is 0 Å². The van der Waals surface area contributed by atoms with Crippen LogP contribution in [0.25, 0.3) is 0 Å². The molecule has 0 unspecified atom stereocenters. The smallest absolute Gasteiger partial charge is 0.253 e. The van der Waals surface area contributed by atoms with Crippen LogP contribution in [0.15, 0.2) is 18.2 Å². The number of amides is 3. The lowest BCUT2D eigenvalue weighted by atomic mass is 10.1. The number of nitrogens with zero attached hydrogens (tertiary/aromatic N) is 2. The van der Waals surface area contributed by atoms with Crippen LogP contribution < -0.4 is 5.32 Å². The predicted octanol–water partition coefficient (Wildman–Crippen LogP) is 1.51. The zero-order valence-electron chi connectivity index (χ0n) is 14.2. The van der Waals surface area contributed by atoms with E-state index in [2.05, 4.69) is 5.32 Å². The molecule has 24 heavy (non-hydrogen) atoms. The van der Waals surface area contributed by atoms with Crippen LogP contribution >= 0.6 is 0 Å². The van der Waals surface area contributed by atoms with Gasteiger partial charge in [0.1, 0.15) is 0 Å². The van der Waals surface area contributed by atoms with Gasteiger partial charge in [-0.3, -0.25) is 14.4 Å². The van der Waals surface area contributed by atoms with Crippen LogP contribution in [0.2, 0.25) is 0 Å². The highest BCUT2D eigenvalue weighted by atomic mass is 16.2. The first-order valence-corrected chi connectivity index (χ1v) is 8.46. The van der Waals surface area contributed by atoms with E-state index in [-0.39, 0.29) is 23.6 Å². The second-order valence-corrected chi connectivity index (χ2v) is 6.72. The quantitative estimate of drug-likeness (QED) is 0.894. The Kier molecular flexibility index (Phi) is 4.55. The van der Waals surface area contributed by atoms with Crippen LogP contribution in [-0.2, 0) is 16.0 Å². The fourth-order valence-corrected chi connectivity index (χ4v) is 3.25. The molecule has 2 aliphatic heterocycles. The van der Waals surface area contributed by atoms with Crippen molar-refractivity contribution in [3.63, 3.8) is 0 Å². The molecule has 3 amide bonds. The SMILES string of the molecule is CC(C)C(=O)N1CCCN(C(=O)c2ccc3c(c2)CC(=O)N3)CC1. The maximum atomic E-state index is 12.8. The first-order chi connectivity index (χ1) is 11.5. The van der Waals surface area contributed by atoms with Crippen LogP contribution in [0.1, 0.15) is 36.2 Å². The molecular weight excluding hydrogens is 306 g/mol. The largest absolute Gasteiger partial charge is 0.341 e. The molecule has 6 nitrogen and oxygen atoms in total. The van der Waals surface area contributed by atoms with Gasteiger partial charge in [0, 0.05) is 43.3 Å². The Labute approximate surface area is 141 Å². The molecule has 6 heteroatoms. The lowest BCUT2D eigenvalue weighted by molar-refractivity contribution is -0.134. The number of benzene rings is 1. The number of fused-ring (bicyclic) bond motifs is 1. The average molecular weight is 329 g/mol. The summed E-state index contributed by atoms with van der Waals surface area (Å²) in [5, 5.41) is 2.77. The number of rotatable bonds is 2. The van der Waals surface area contributed by atoms with Crippen LogP contribution in [0.3, 0.4) is 0 Å². The highest BCUT2D eigenvalue weighted by Gasteiger charge is 2.25. The minimum atomic E-state index is -0.0350. The number of anilines is 1. The van der Waals surface area contributed by atoms with Crippen LogP contribution in [0, 0.1) is 5.92 Å². The standard InChI is InChI=1S/C18H23N3O3/c1-12(2)17(23)20-6-3-7-21(9-8-20)18(24)13-4-5-15-14(10-13)11-16(22)19-15/h4-5,10,12H,3,6-9,11H2,1-2H3,(H,19,22). The molecule has 1 fully saturated rings. The van der Waals surface area contributed by atoms with E-state index in [1.54, 1.807) is 23.1 Å². The fourth-order valence-electron chi connectivity index (χ4n) is 3.25. The topological polar surface area (TPSA) is 69.7 Å². The number of hydrogen-bond acceptors (Lipinski definition) is 3. The zero-order chi connectivity index (χ0) is 17.3. The van der Waals surface area contributed by atoms with Crippen molar-refractivity contribution < 1.29 is 14.4 Å². The van der Waals surface area contributed by atoms with Crippen molar-refractivity contribution in [3.05, 3.63) is 29.3 Å². The normalized spacial score (nSPS) is 17.5. The van der Waals surface area contributed by atoms with Crippen molar-refractivity contribution in [1.29, 1.82) is 0 Å². The van der Waals surface area contributed by atoms with Gasteiger partial charge >= 0.3 is 0 Å². The predicted molar refractivity (Wildman–Crippen MR) is 90.7 cm³/mol. The molecule has 2 heterocycles. The molecule has 0 saturated carbocycles. The van der Waals surface area contributed by atoms with E-state index in [0.717, 1.165) is 17.7 Å². The Morgan fingerprint density at radius 3 is 2.54 bits per heavy atom. The van der Waals surface area contributed by atoms with E-state index in [9.17, 15) is 14.4 Å². The second-order valence-electron chi connectivity index (χ2n) is 6.72. The molecule has 0 atom stereocenters. The molecule has 2 aliphatic rings. The molecule has 1 saturated heterocycles. The van der Waals surface area contributed by atoms with Gasteiger partial charge in [0.2, 0.25) is 11.8 Å². The van der Waals surface area contributed by atoms with Crippen molar-refractivity contribution in [1.82, 2.24) is 9.80 Å². The first kappa shape index (κ1) is 16.5. The summed E-state index contributed by atoms with van der Waals surface area (Å²) < 4.78 is 0. The average Bonchev–Trinajstić information content (AvgIpc) is 2.77. The maximum absolute atomic E-state index is 12.8. The van der Waals surface area contributed by atoms with Gasteiger partial charge in [-0.25, -0.2) is 0 Å². The molecule has 1 N–H and O–H groups in total. The van der Waals surface area contributed by atoms with E-state index in [1.807, 2.05) is 18.7 Å².